The molecule has 0 aliphatic carbocycles. The lowest BCUT2D eigenvalue weighted by atomic mass is 10.1. The third-order valence-electron chi connectivity index (χ3n) is 2.10. The molecule has 0 bridgehead atoms. The van der Waals surface area contributed by atoms with E-state index in [9.17, 15) is 9.59 Å². The van der Waals surface area contributed by atoms with E-state index in [2.05, 4.69) is 16.9 Å². The standard InChI is InChI=1S/C6H10N2.C6H11NO2/c1-2-3-6-4-7-5-8-6;1-4(8)3-6(7)5(2)9/h4-5H,2-3H2,1H3,(H,7,8);6H,3,7H2,1-2H3. The van der Waals surface area contributed by atoms with Crippen molar-refractivity contribution in [3.8, 4) is 0 Å². The van der Waals surface area contributed by atoms with Crippen LogP contribution in [0.1, 0.15) is 39.3 Å². The molecule has 3 N–H and O–H groups in total. The van der Waals surface area contributed by atoms with E-state index in [0.717, 1.165) is 6.42 Å². The third-order valence-corrected chi connectivity index (χ3v) is 2.10. The number of H-pyrrole nitrogens is 1. The van der Waals surface area contributed by atoms with Crippen LogP contribution in [-0.4, -0.2) is 27.6 Å². The van der Waals surface area contributed by atoms with Crippen LogP contribution >= 0.6 is 0 Å². The molecule has 1 aromatic rings. The summed E-state index contributed by atoms with van der Waals surface area (Å²) in [7, 11) is 0. The van der Waals surface area contributed by atoms with Gasteiger partial charge in [-0.15, -0.1) is 0 Å². The molecule has 5 heteroatoms. The van der Waals surface area contributed by atoms with Gasteiger partial charge in [0.05, 0.1) is 12.4 Å². The predicted molar refractivity (Wildman–Crippen MR) is 66.5 cm³/mol. The summed E-state index contributed by atoms with van der Waals surface area (Å²) in [5.41, 5.74) is 6.48. The quantitative estimate of drug-likeness (QED) is 0.809. The van der Waals surface area contributed by atoms with Crippen LogP contribution in [0.4, 0.5) is 0 Å². The second-order valence-corrected chi connectivity index (χ2v) is 3.95. The molecule has 17 heavy (non-hydrogen) atoms. The van der Waals surface area contributed by atoms with Gasteiger partial charge < -0.3 is 10.7 Å². The number of carbonyl (C=O) groups excluding carboxylic acids is 2. The molecule has 5 nitrogen and oxygen atoms in total. The van der Waals surface area contributed by atoms with Gasteiger partial charge in [-0.3, -0.25) is 9.59 Å². The lowest BCUT2D eigenvalue weighted by Crippen LogP contribution is -2.30. The van der Waals surface area contributed by atoms with Crippen LogP contribution in [-0.2, 0) is 16.0 Å². The Bertz CT molecular complexity index is 334. The Morgan fingerprint density at radius 2 is 2.12 bits per heavy atom. The summed E-state index contributed by atoms with van der Waals surface area (Å²) in [5.74, 6) is -0.178. The van der Waals surface area contributed by atoms with Gasteiger partial charge in [-0.05, 0) is 20.3 Å². The maximum Gasteiger partial charge on any atom is 0.146 e. The van der Waals surface area contributed by atoms with Gasteiger partial charge in [-0.2, -0.15) is 0 Å². The molecule has 1 atom stereocenters. The van der Waals surface area contributed by atoms with Crippen LogP contribution in [0.3, 0.4) is 0 Å². The fraction of sp³-hybridized carbons (Fsp3) is 0.583. The lowest BCUT2D eigenvalue weighted by Gasteiger charge is -2.01. The zero-order chi connectivity index (χ0) is 13.3. The molecule has 96 valence electrons. The Labute approximate surface area is 102 Å². The van der Waals surface area contributed by atoms with Crippen LogP contribution in [0, 0.1) is 0 Å². The van der Waals surface area contributed by atoms with Crippen molar-refractivity contribution in [3.63, 3.8) is 0 Å². The Morgan fingerprint density at radius 3 is 2.41 bits per heavy atom. The largest absolute Gasteiger partial charge is 0.348 e. The van der Waals surface area contributed by atoms with E-state index >= 15 is 0 Å². The number of nitrogens with two attached hydrogens (primary N) is 1. The van der Waals surface area contributed by atoms with Crippen molar-refractivity contribution in [3.05, 3.63) is 18.2 Å². The van der Waals surface area contributed by atoms with E-state index in [1.807, 2.05) is 6.20 Å². The highest BCUT2D eigenvalue weighted by molar-refractivity contribution is 5.87. The molecule has 0 saturated carbocycles. The normalized spacial score (nSPS) is 11.3. The first-order valence-electron chi connectivity index (χ1n) is 5.70. The first-order valence-corrected chi connectivity index (χ1v) is 5.70. The number of rotatable bonds is 5. The zero-order valence-corrected chi connectivity index (χ0v) is 10.7. The third kappa shape index (κ3) is 8.33. The average Bonchev–Trinajstić information content (AvgIpc) is 2.71. The SMILES string of the molecule is CC(=O)CC(N)C(C)=O.CCCc1cnc[nH]1. The molecule has 0 radical (unpaired) electrons. The number of nitrogens with zero attached hydrogens (tertiary/aromatic N) is 1. The minimum atomic E-state index is -0.595. The van der Waals surface area contributed by atoms with Crippen molar-refractivity contribution >= 4 is 11.6 Å². The molecular formula is C12H21N3O2. The summed E-state index contributed by atoms with van der Waals surface area (Å²) in [6.07, 6.45) is 6.03. The van der Waals surface area contributed by atoms with Gasteiger partial charge in [-0.25, -0.2) is 4.98 Å². The number of Topliss-reactive ketones (excluding diaryl/α,β-unsaturated/α-hetero) is 2. The molecule has 0 fully saturated rings. The zero-order valence-electron chi connectivity index (χ0n) is 10.7. The van der Waals surface area contributed by atoms with Crippen molar-refractivity contribution in [2.45, 2.75) is 46.1 Å². The number of ketones is 2. The van der Waals surface area contributed by atoms with Gasteiger partial charge in [0.1, 0.15) is 11.6 Å². The van der Waals surface area contributed by atoms with Gasteiger partial charge in [-0.1, -0.05) is 13.3 Å². The number of hydrogen-bond acceptors (Lipinski definition) is 4. The number of aromatic nitrogens is 2. The number of aryl methyl sites for hydroxylation is 1. The topological polar surface area (TPSA) is 88.8 Å². The first-order chi connectivity index (χ1) is 7.97. The van der Waals surface area contributed by atoms with Gasteiger partial charge in [0.25, 0.3) is 0 Å². The number of imidazole rings is 1. The number of hydrogen-bond donors (Lipinski definition) is 2. The molecule has 0 aliphatic heterocycles. The minimum Gasteiger partial charge on any atom is -0.348 e. The molecule has 0 spiro atoms. The molecule has 0 amide bonds. The molecular weight excluding hydrogens is 218 g/mol. The second-order valence-electron chi connectivity index (χ2n) is 3.95. The van der Waals surface area contributed by atoms with E-state index in [-0.39, 0.29) is 18.0 Å². The average molecular weight is 239 g/mol. The number of carbonyl (C=O) groups is 2. The summed E-state index contributed by atoms with van der Waals surface area (Å²) in [6, 6.07) is -0.595. The fourth-order valence-corrected chi connectivity index (χ4v) is 1.14. The minimum absolute atomic E-state index is 0.0438. The van der Waals surface area contributed by atoms with Crippen molar-refractivity contribution < 1.29 is 9.59 Å². The highest BCUT2D eigenvalue weighted by atomic mass is 16.1. The number of aromatic amines is 1. The molecule has 1 aromatic heterocycles. The number of nitrogens with one attached hydrogen (secondary N) is 1. The van der Waals surface area contributed by atoms with Crippen LogP contribution in [0.15, 0.2) is 12.5 Å². The Morgan fingerprint density at radius 1 is 1.47 bits per heavy atom. The van der Waals surface area contributed by atoms with Crippen molar-refractivity contribution in [1.82, 2.24) is 9.97 Å². The van der Waals surface area contributed by atoms with E-state index in [1.54, 1.807) is 6.33 Å². The summed E-state index contributed by atoms with van der Waals surface area (Å²) < 4.78 is 0. The Kier molecular flexibility index (Phi) is 7.88. The molecule has 0 aliphatic rings. The summed E-state index contributed by atoms with van der Waals surface area (Å²) in [6.45, 7) is 4.96. The van der Waals surface area contributed by atoms with Gasteiger partial charge in [0.15, 0.2) is 0 Å². The maximum absolute atomic E-state index is 10.4. The summed E-state index contributed by atoms with van der Waals surface area (Å²) in [4.78, 5) is 27.6. The van der Waals surface area contributed by atoms with E-state index < -0.39 is 6.04 Å². The van der Waals surface area contributed by atoms with Crippen molar-refractivity contribution in [2.75, 3.05) is 0 Å². The molecule has 1 rings (SSSR count). The molecule has 0 saturated heterocycles. The molecule has 1 unspecified atom stereocenters. The van der Waals surface area contributed by atoms with E-state index in [0.29, 0.717) is 0 Å². The summed E-state index contributed by atoms with van der Waals surface area (Å²) >= 11 is 0. The Hall–Kier alpha value is -1.49. The Balaban J connectivity index is 0.000000302. The maximum atomic E-state index is 10.4. The predicted octanol–water partition coefficient (Wildman–Crippen LogP) is 1.24. The van der Waals surface area contributed by atoms with Crippen LogP contribution in [0.5, 0.6) is 0 Å². The highest BCUT2D eigenvalue weighted by Crippen LogP contribution is 1.94. The fourth-order valence-electron chi connectivity index (χ4n) is 1.14. The molecule has 0 aromatic carbocycles. The monoisotopic (exact) mass is 239 g/mol. The van der Waals surface area contributed by atoms with Crippen molar-refractivity contribution in [1.29, 1.82) is 0 Å². The van der Waals surface area contributed by atoms with Crippen LogP contribution in [0.2, 0.25) is 0 Å². The second kappa shape index (κ2) is 8.64. The van der Waals surface area contributed by atoms with Crippen molar-refractivity contribution in [2.24, 2.45) is 5.73 Å². The van der Waals surface area contributed by atoms with Gasteiger partial charge >= 0.3 is 0 Å². The van der Waals surface area contributed by atoms with Crippen LogP contribution < -0.4 is 5.73 Å². The first kappa shape index (κ1) is 15.5. The summed E-state index contributed by atoms with van der Waals surface area (Å²) in [5, 5.41) is 0. The van der Waals surface area contributed by atoms with Gasteiger partial charge in [0.2, 0.25) is 0 Å². The van der Waals surface area contributed by atoms with E-state index in [1.165, 1.54) is 26.0 Å². The smallest absolute Gasteiger partial charge is 0.146 e. The highest BCUT2D eigenvalue weighted by Gasteiger charge is 2.09. The molecule has 1 heterocycles. The van der Waals surface area contributed by atoms with Gasteiger partial charge in [0, 0.05) is 18.3 Å². The van der Waals surface area contributed by atoms with Crippen LogP contribution in [0.25, 0.3) is 0 Å². The van der Waals surface area contributed by atoms with E-state index in [4.69, 9.17) is 5.73 Å². The lowest BCUT2D eigenvalue weighted by molar-refractivity contribution is -0.123.